The number of nitrogens with one attached hydrogen (secondary N) is 1. The number of hydrogen-bond acceptors (Lipinski definition) is 4. The van der Waals surface area contributed by atoms with Crippen molar-refractivity contribution in [3.8, 4) is 0 Å². The van der Waals surface area contributed by atoms with Crippen LogP contribution in [0.2, 0.25) is 0 Å². The molecular formula is C11H18N2O3. The first kappa shape index (κ1) is 11.4. The highest BCUT2D eigenvalue weighted by Crippen LogP contribution is 2.34. The van der Waals surface area contributed by atoms with Crippen LogP contribution in [0.1, 0.15) is 32.1 Å². The molecule has 2 rings (SSSR count). The van der Waals surface area contributed by atoms with Gasteiger partial charge in [0, 0.05) is 6.54 Å². The van der Waals surface area contributed by atoms with E-state index in [1.54, 1.807) is 0 Å². The van der Waals surface area contributed by atoms with Crippen molar-refractivity contribution in [3.05, 3.63) is 0 Å². The summed E-state index contributed by atoms with van der Waals surface area (Å²) in [7, 11) is 0. The lowest BCUT2D eigenvalue weighted by atomic mass is 10.0. The predicted octanol–water partition coefficient (Wildman–Crippen LogP) is -0.0628. The Morgan fingerprint density at radius 3 is 2.50 bits per heavy atom. The molecule has 0 aromatic heterocycles. The molecule has 3 N–H and O–H groups in total. The van der Waals surface area contributed by atoms with Gasteiger partial charge in [-0.25, -0.2) is 0 Å². The zero-order chi connectivity index (χ0) is 11.6. The van der Waals surface area contributed by atoms with Gasteiger partial charge in [-0.3, -0.25) is 9.59 Å². The van der Waals surface area contributed by atoms with Gasteiger partial charge in [-0.1, -0.05) is 0 Å². The van der Waals surface area contributed by atoms with Crippen LogP contribution in [0.4, 0.5) is 0 Å². The lowest BCUT2D eigenvalue weighted by Gasteiger charge is -2.26. The maximum absolute atomic E-state index is 11.8. The van der Waals surface area contributed by atoms with Crippen LogP contribution in [0.25, 0.3) is 0 Å². The normalized spacial score (nSPS) is 27.9. The molecule has 2 fully saturated rings. The van der Waals surface area contributed by atoms with Gasteiger partial charge >= 0.3 is 5.97 Å². The predicted molar refractivity (Wildman–Crippen MR) is 57.5 cm³/mol. The molecule has 90 valence electrons. The summed E-state index contributed by atoms with van der Waals surface area (Å²) in [6, 6.07) is 0. The molecule has 1 aliphatic heterocycles. The van der Waals surface area contributed by atoms with Crippen molar-refractivity contribution < 1.29 is 14.3 Å². The summed E-state index contributed by atoms with van der Waals surface area (Å²) < 4.78 is 5.39. The van der Waals surface area contributed by atoms with E-state index in [0.29, 0.717) is 19.4 Å². The smallest absolute Gasteiger partial charge is 0.311 e. The molecule has 16 heavy (non-hydrogen) atoms. The highest BCUT2D eigenvalue weighted by atomic mass is 16.6. The molecule has 0 bridgehead atoms. The first-order valence-electron chi connectivity index (χ1n) is 5.87. The van der Waals surface area contributed by atoms with Gasteiger partial charge in [0.25, 0.3) is 5.91 Å². The van der Waals surface area contributed by atoms with Crippen LogP contribution in [0.15, 0.2) is 0 Å². The molecule has 1 saturated heterocycles. The van der Waals surface area contributed by atoms with Gasteiger partial charge in [0.1, 0.15) is 0 Å². The lowest BCUT2D eigenvalue weighted by Crippen LogP contribution is -2.46. The van der Waals surface area contributed by atoms with Crippen LogP contribution in [-0.2, 0) is 14.3 Å². The molecule has 2 aliphatic rings. The van der Waals surface area contributed by atoms with E-state index >= 15 is 0 Å². The number of ether oxygens (including phenoxy) is 1. The summed E-state index contributed by atoms with van der Waals surface area (Å²) in [5.74, 6) is -0.883. The van der Waals surface area contributed by atoms with Gasteiger partial charge in [0.2, 0.25) is 0 Å². The Labute approximate surface area is 94.7 Å². The topological polar surface area (TPSA) is 81.4 Å². The largest absolute Gasteiger partial charge is 0.449 e. The number of carbonyl (C=O) groups is 2. The molecule has 1 amide bonds. The van der Waals surface area contributed by atoms with E-state index in [1.165, 1.54) is 0 Å². The fraction of sp³-hybridized carbons (Fsp3) is 0.818. The van der Waals surface area contributed by atoms with Crippen molar-refractivity contribution in [1.82, 2.24) is 5.32 Å². The van der Waals surface area contributed by atoms with Gasteiger partial charge in [0.05, 0.1) is 5.92 Å². The number of amides is 1. The fourth-order valence-electron chi connectivity index (χ4n) is 2.48. The fourth-order valence-corrected chi connectivity index (χ4v) is 2.48. The summed E-state index contributed by atoms with van der Waals surface area (Å²) in [5.41, 5.74) is 4.33. The molecule has 0 aromatic rings. The second-order valence-electron chi connectivity index (χ2n) is 4.68. The summed E-state index contributed by atoms with van der Waals surface area (Å²) in [5, 5.41) is 3.10. The third kappa shape index (κ3) is 2.04. The highest BCUT2D eigenvalue weighted by molar-refractivity contribution is 5.87. The van der Waals surface area contributed by atoms with Gasteiger partial charge in [-0.15, -0.1) is 0 Å². The van der Waals surface area contributed by atoms with Crippen LogP contribution in [0.5, 0.6) is 0 Å². The number of primary amides is 1. The van der Waals surface area contributed by atoms with Gasteiger partial charge in [-0.2, -0.15) is 0 Å². The van der Waals surface area contributed by atoms with Crippen molar-refractivity contribution in [3.63, 3.8) is 0 Å². The molecule has 1 atom stereocenters. The maximum atomic E-state index is 11.8. The van der Waals surface area contributed by atoms with E-state index in [4.69, 9.17) is 10.5 Å². The van der Waals surface area contributed by atoms with Crippen molar-refractivity contribution in [2.24, 2.45) is 11.7 Å². The van der Waals surface area contributed by atoms with Crippen LogP contribution < -0.4 is 11.1 Å². The van der Waals surface area contributed by atoms with Crippen molar-refractivity contribution in [2.75, 3.05) is 13.1 Å². The van der Waals surface area contributed by atoms with Crippen LogP contribution in [0, 0.1) is 5.92 Å². The number of carbonyl (C=O) groups excluding carboxylic acids is 2. The van der Waals surface area contributed by atoms with Gasteiger partial charge in [0.15, 0.2) is 5.60 Å². The standard InChI is InChI=1S/C11H18N2O3/c12-10(15)11(4-1-2-5-11)16-9(14)8-3-6-13-7-8/h8,13H,1-7H2,(H2,12,15). The Bertz CT molecular complexity index is 292. The molecule has 5 heteroatoms. The monoisotopic (exact) mass is 226 g/mol. The van der Waals surface area contributed by atoms with E-state index < -0.39 is 11.5 Å². The quantitative estimate of drug-likeness (QED) is 0.660. The van der Waals surface area contributed by atoms with Crippen LogP contribution >= 0.6 is 0 Å². The summed E-state index contributed by atoms with van der Waals surface area (Å²) in [6.07, 6.45) is 3.74. The Hall–Kier alpha value is -1.10. The van der Waals surface area contributed by atoms with Crippen molar-refractivity contribution in [1.29, 1.82) is 0 Å². The molecule has 0 spiro atoms. The molecule has 5 nitrogen and oxygen atoms in total. The lowest BCUT2D eigenvalue weighted by molar-refractivity contribution is -0.170. The number of esters is 1. The van der Waals surface area contributed by atoms with Crippen molar-refractivity contribution >= 4 is 11.9 Å². The molecule has 1 unspecified atom stereocenters. The molecular weight excluding hydrogens is 208 g/mol. The van der Waals surface area contributed by atoms with E-state index in [1.807, 2.05) is 0 Å². The van der Waals surface area contributed by atoms with Gasteiger partial charge in [-0.05, 0) is 38.6 Å². The SMILES string of the molecule is NC(=O)C1(OC(=O)C2CCNC2)CCCC1. The van der Waals surface area contributed by atoms with E-state index in [9.17, 15) is 9.59 Å². The molecule has 1 saturated carbocycles. The number of hydrogen-bond donors (Lipinski definition) is 2. The third-order valence-electron chi connectivity index (χ3n) is 3.55. The minimum absolute atomic E-state index is 0.114. The minimum Gasteiger partial charge on any atom is -0.449 e. The Kier molecular flexibility index (Phi) is 3.14. The Morgan fingerprint density at radius 1 is 1.31 bits per heavy atom. The van der Waals surface area contributed by atoms with E-state index in [-0.39, 0.29) is 11.9 Å². The summed E-state index contributed by atoms with van der Waals surface area (Å²) >= 11 is 0. The summed E-state index contributed by atoms with van der Waals surface area (Å²) in [6.45, 7) is 1.48. The third-order valence-corrected chi connectivity index (χ3v) is 3.55. The average Bonchev–Trinajstić information content (AvgIpc) is 2.88. The van der Waals surface area contributed by atoms with Gasteiger partial charge < -0.3 is 15.8 Å². The Balaban J connectivity index is 2.00. The first-order valence-corrected chi connectivity index (χ1v) is 5.87. The zero-order valence-corrected chi connectivity index (χ0v) is 9.33. The molecule has 1 aliphatic carbocycles. The molecule has 0 aromatic carbocycles. The maximum Gasteiger partial charge on any atom is 0.311 e. The number of rotatable bonds is 3. The first-order chi connectivity index (χ1) is 7.64. The van der Waals surface area contributed by atoms with Crippen molar-refractivity contribution in [2.45, 2.75) is 37.7 Å². The second kappa shape index (κ2) is 4.41. The molecule has 1 heterocycles. The summed E-state index contributed by atoms with van der Waals surface area (Å²) in [4.78, 5) is 23.2. The highest BCUT2D eigenvalue weighted by Gasteiger charge is 2.44. The second-order valence-corrected chi connectivity index (χ2v) is 4.68. The van der Waals surface area contributed by atoms with E-state index in [0.717, 1.165) is 25.8 Å². The molecule has 0 radical (unpaired) electrons. The van der Waals surface area contributed by atoms with E-state index in [2.05, 4.69) is 5.32 Å². The minimum atomic E-state index is -1.01. The van der Waals surface area contributed by atoms with Crippen LogP contribution in [-0.4, -0.2) is 30.6 Å². The van der Waals surface area contributed by atoms with Crippen LogP contribution in [0.3, 0.4) is 0 Å². The Morgan fingerprint density at radius 2 is 2.00 bits per heavy atom. The zero-order valence-electron chi connectivity index (χ0n) is 9.33. The average molecular weight is 226 g/mol. The number of nitrogens with two attached hydrogens (primary N) is 1.